The molecule has 4 rings (SSSR count). The second kappa shape index (κ2) is 10.2. The number of aromatic amines is 1. The van der Waals surface area contributed by atoms with Crippen LogP contribution in [0.5, 0.6) is 0 Å². The average molecular weight is 482 g/mol. The Kier molecular flexibility index (Phi) is 7.09. The highest BCUT2D eigenvalue weighted by atomic mass is 32.1. The number of ether oxygens (including phenoxy) is 1. The first-order valence-electron chi connectivity index (χ1n) is 11.1. The zero-order valence-corrected chi connectivity index (χ0v) is 20.0. The third-order valence-corrected chi connectivity index (χ3v) is 6.79. The summed E-state index contributed by atoms with van der Waals surface area (Å²) in [6.07, 6.45) is 0.295. The molecule has 3 heterocycles. The van der Waals surface area contributed by atoms with E-state index in [1.54, 1.807) is 6.92 Å². The number of hydrogen-bond acceptors (Lipinski definition) is 7. The predicted molar refractivity (Wildman–Crippen MR) is 133 cm³/mol. The standard InChI is InChI=1S/C24H27N5O4S/c1-14-17(22(32)28-24(26-14)29-10-12-33-13-11-29)8-9-18(30)27-23-20(21(25)31)19(15(2)34-23)16-6-4-3-5-7-16/h3-7H,8-13H2,1-2H3,(H2,25,31)(H,27,30)(H,26,28,32). The summed E-state index contributed by atoms with van der Waals surface area (Å²) in [5.74, 6) is -0.388. The Hall–Kier alpha value is -3.50. The van der Waals surface area contributed by atoms with Crippen LogP contribution in [0.2, 0.25) is 0 Å². The molecular formula is C24H27N5O4S. The highest BCUT2D eigenvalue weighted by Gasteiger charge is 2.23. The van der Waals surface area contributed by atoms with Crippen molar-refractivity contribution in [2.75, 3.05) is 36.5 Å². The number of hydrogen-bond donors (Lipinski definition) is 3. The van der Waals surface area contributed by atoms with Gasteiger partial charge in [-0.25, -0.2) is 4.98 Å². The Morgan fingerprint density at radius 3 is 2.56 bits per heavy atom. The van der Waals surface area contributed by atoms with Crippen LogP contribution in [-0.2, 0) is 16.0 Å². The van der Waals surface area contributed by atoms with Crippen LogP contribution < -0.4 is 21.5 Å². The molecule has 2 aromatic heterocycles. The fourth-order valence-electron chi connectivity index (χ4n) is 4.06. The van der Waals surface area contributed by atoms with Crippen molar-refractivity contribution in [3.63, 3.8) is 0 Å². The van der Waals surface area contributed by atoms with Gasteiger partial charge in [-0.05, 0) is 25.8 Å². The number of amides is 2. The minimum atomic E-state index is -0.603. The van der Waals surface area contributed by atoms with Crippen molar-refractivity contribution < 1.29 is 14.3 Å². The Labute approximate surface area is 201 Å². The number of nitrogens with zero attached hydrogens (tertiary/aromatic N) is 2. The average Bonchev–Trinajstić information content (AvgIpc) is 3.15. The first-order chi connectivity index (χ1) is 16.3. The van der Waals surface area contributed by atoms with E-state index in [2.05, 4.69) is 15.3 Å². The molecule has 1 aliphatic heterocycles. The first kappa shape index (κ1) is 23.7. The highest BCUT2D eigenvalue weighted by molar-refractivity contribution is 7.17. The number of nitrogens with one attached hydrogen (secondary N) is 2. The zero-order valence-electron chi connectivity index (χ0n) is 19.1. The molecule has 0 unspecified atom stereocenters. The molecule has 34 heavy (non-hydrogen) atoms. The van der Waals surface area contributed by atoms with Crippen molar-refractivity contribution in [1.82, 2.24) is 9.97 Å². The number of aryl methyl sites for hydroxylation is 2. The summed E-state index contributed by atoms with van der Waals surface area (Å²) in [6.45, 7) is 6.17. The van der Waals surface area contributed by atoms with E-state index in [1.165, 1.54) is 11.3 Å². The molecule has 9 nitrogen and oxygen atoms in total. The number of benzene rings is 1. The summed E-state index contributed by atoms with van der Waals surface area (Å²) in [5.41, 5.74) is 8.36. The van der Waals surface area contributed by atoms with Crippen LogP contribution >= 0.6 is 11.3 Å². The summed E-state index contributed by atoms with van der Waals surface area (Å²) in [5, 5.41) is 3.24. The molecule has 2 amide bonds. The molecule has 0 aliphatic carbocycles. The molecule has 0 radical (unpaired) electrons. The van der Waals surface area contributed by atoms with Crippen molar-refractivity contribution >= 4 is 34.1 Å². The fourth-order valence-corrected chi connectivity index (χ4v) is 5.16. The molecule has 10 heteroatoms. The molecule has 4 N–H and O–H groups in total. The number of anilines is 2. The van der Waals surface area contributed by atoms with E-state index in [0.717, 1.165) is 16.0 Å². The molecule has 0 spiro atoms. The highest BCUT2D eigenvalue weighted by Crippen LogP contribution is 2.39. The molecule has 1 saturated heterocycles. The summed E-state index contributed by atoms with van der Waals surface area (Å²) in [4.78, 5) is 47.9. The number of nitrogens with two attached hydrogens (primary N) is 1. The molecular weight excluding hydrogens is 454 g/mol. The van der Waals surface area contributed by atoms with Crippen molar-refractivity contribution in [2.24, 2.45) is 5.73 Å². The maximum Gasteiger partial charge on any atom is 0.255 e. The van der Waals surface area contributed by atoms with Gasteiger partial charge in [0.1, 0.15) is 5.00 Å². The van der Waals surface area contributed by atoms with E-state index >= 15 is 0 Å². The van der Waals surface area contributed by atoms with Gasteiger partial charge in [-0.15, -0.1) is 11.3 Å². The van der Waals surface area contributed by atoms with Gasteiger partial charge in [-0.2, -0.15) is 0 Å². The van der Waals surface area contributed by atoms with Crippen LogP contribution in [0.25, 0.3) is 11.1 Å². The lowest BCUT2D eigenvalue weighted by Gasteiger charge is -2.27. The second-order valence-electron chi connectivity index (χ2n) is 8.07. The first-order valence-corrected chi connectivity index (χ1v) is 11.9. The summed E-state index contributed by atoms with van der Waals surface area (Å²) in [6, 6.07) is 9.46. The van der Waals surface area contributed by atoms with Crippen molar-refractivity contribution in [2.45, 2.75) is 26.7 Å². The van der Waals surface area contributed by atoms with Crippen LogP contribution in [0.1, 0.15) is 32.9 Å². The lowest BCUT2D eigenvalue weighted by Crippen LogP contribution is -2.38. The van der Waals surface area contributed by atoms with E-state index in [9.17, 15) is 14.4 Å². The third kappa shape index (κ3) is 5.02. The number of carbonyl (C=O) groups is 2. The fraction of sp³-hybridized carbons (Fsp3) is 0.333. The number of thiophene rings is 1. The van der Waals surface area contributed by atoms with Crippen LogP contribution in [0.4, 0.5) is 10.9 Å². The topological polar surface area (TPSA) is 130 Å². The molecule has 1 aliphatic rings. The third-order valence-electron chi connectivity index (χ3n) is 5.77. The summed E-state index contributed by atoms with van der Waals surface area (Å²) in [7, 11) is 0. The van der Waals surface area contributed by atoms with Gasteiger partial charge in [0.05, 0.1) is 18.8 Å². The van der Waals surface area contributed by atoms with Gasteiger partial charge in [0, 0.05) is 41.2 Å². The van der Waals surface area contributed by atoms with Gasteiger partial charge >= 0.3 is 0 Å². The Morgan fingerprint density at radius 1 is 1.21 bits per heavy atom. The normalized spacial score (nSPS) is 13.6. The van der Waals surface area contributed by atoms with Gasteiger partial charge < -0.3 is 20.7 Å². The maximum atomic E-state index is 12.7. The van der Waals surface area contributed by atoms with E-state index in [1.807, 2.05) is 42.2 Å². The van der Waals surface area contributed by atoms with Crippen molar-refractivity contribution in [3.05, 3.63) is 62.4 Å². The Bertz CT molecular complexity index is 1260. The molecule has 3 aromatic rings. The van der Waals surface area contributed by atoms with Crippen LogP contribution in [0, 0.1) is 13.8 Å². The van der Waals surface area contributed by atoms with Crippen LogP contribution in [0.15, 0.2) is 35.1 Å². The molecule has 0 atom stereocenters. The Morgan fingerprint density at radius 2 is 1.91 bits per heavy atom. The maximum absolute atomic E-state index is 12.7. The molecule has 178 valence electrons. The van der Waals surface area contributed by atoms with Gasteiger partial charge in [-0.1, -0.05) is 30.3 Å². The molecule has 1 aromatic carbocycles. The van der Waals surface area contributed by atoms with E-state index in [4.69, 9.17) is 10.5 Å². The summed E-state index contributed by atoms with van der Waals surface area (Å²) < 4.78 is 5.34. The minimum absolute atomic E-state index is 0.0678. The SMILES string of the molecule is Cc1nc(N2CCOCC2)[nH]c(=O)c1CCC(=O)Nc1sc(C)c(-c2ccccc2)c1C(N)=O. The lowest BCUT2D eigenvalue weighted by molar-refractivity contribution is -0.116. The van der Waals surface area contributed by atoms with Crippen LogP contribution in [-0.4, -0.2) is 48.1 Å². The van der Waals surface area contributed by atoms with Gasteiger partial charge in [0.15, 0.2) is 0 Å². The monoisotopic (exact) mass is 481 g/mol. The second-order valence-corrected chi connectivity index (χ2v) is 9.29. The van der Waals surface area contributed by atoms with E-state index in [0.29, 0.717) is 54.1 Å². The van der Waals surface area contributed by atoms with Crippen molar-refractivity contribution in [3.8, 4) is 11.1 Å². The largest absolute Gasteiger partial charge is 0.378 e. The van der Waals surface area contributed by atoms with E-state index in [-0.39, 0.29) is 24.3 Å². The molecule has 0 bridgehead atoms. The number of morpholine rings is 1. The minimum Gasteiger partial charge on any atom is -0.378 e. The van der Waals surface area contributed by atoms with Gasteiger partial charge in [0.2, 0.25) is 11.9 Å². The number of rotatable bonds is 7. The number of aromatic nitrogens is 2. The smallest absolute Gasteiger partial charge is 0.255 e. The molecule has 1 fully saturated rings. The number of H-pyrrole nitrogens is 1. The lowest BCUT2D eigenvalue weighted by atomic mass is 10.0. The number of carbonyl (C=O) groups excluding carboxylic acids is 2. The van der Waals surface area contributed by atoms with Crippen molar-refractivity contribution in [1.29, 1.82) is 0 Å². The molecule has 0 saturated carbocycles. The zero-order chi connectivity index (χ0) is 24.2. The Balaban J connectivity index is 1.49. The number of primary amides is 1. The van der Waals surface area contributed by atoms with Gasteiger partial charge in [-0.3, -0.25) is 19.4 Å². The van der Waals surface area contributed by atoms with E-state index < -0.39 is 5.91 Å². The quantitative estimate of drug-likeness (QED) is 0.476. The summed E-state index contributed by atoms with van der Waals surface area (Å²) >= 11 is 1.31. The predicted octanol–water partition coefficient (Wildman–Crippen LogP) is 2.62. The van der Waals surface area contributed by atoms with Crippen LogP contribution in [0.3, 0.4) is 0 Å². The van der Waals surface area contributed by atoms with Gasteiger partial charge in [0.25, 0.3) is 11.5 Å².